The Labute approximate surface area is 158 Å². The van der Waals surface area contributed by atoms with Crippen molar-refractivity contribution in [1.29, 1.82) is 0 Å². The SMILES string of the molecule is Fc1cc(-n2ncc3nc(-c4cccs4)ncc32)ccc1N1CCOCC1. The van der Waals surface area contributed by atoms with Crippen LogP contribution in [0.3, 0.4) is 0 Å². The predicted molar refractivity (Wildman–Crippen MR) is 103 cm³/mol. The number of halogens is 1. The molecule has 1 aliphatic rings. The lowest BCUT2D eigenvalue weighted by molar-refractivity contribution is 0.122. The highest BCUT2D eigenvalue weighted by atomic mass is 32.1. The lowest BCUT2D eigenvalue weighted by atomic mass is 10.2. The molecule has 0 unspecified atom stereocenters. The summed E-state index contributed by atoms with van der Waals surface area (Å²) < 4.78 is 21.7. The summed E-state index contributed by atoms with van der Waals surface area (Å²) in [6.07, 6.45) is 3.42. The number of ether oxygens (including phenoxy) is 1. The summed E-state index contributed by atoms with van der Waals surface area (Å²) in [7, 11) is 0. The minimum absolute atomic E-state index is 0.269. The first-order valence-electron chi connectivity index (χ1n) is 8.67. The average molecular weight is 381 g/mol. The second-order valence-corrected chi connectivity index (χ2v) is 7.18. The molecule has 0 radical (unpaired) electrons. The van der Waals surface area contributed by atoms with Crippen LogP contribution in [-0.2, 0) is 4.74 Å². The number of morpholine rings is 1. The lowest BCUT2D eigenvalue weighted by Crippen LogP contribution is -2.36. The fourth-order valence-corrected chi connectivity index (χ4v) is 3.90. The standard InChI is InChI=1S/C19H16FN5OS/c20-14-10-13(3-4-16(14)24-5-7-26-8-6-24)25-17-12-21-19(18-2-1-9-27-18)23-15(17)11-22-25/h1-4,9-12H,5-8H2. The minimum Gasteiger partial charge on any atom is -0.378 e. The summed E-state index contributed by atoms with van der Waals surface area (Å²) >= 11 is 1.59. The molecule has 0 spiro atoms. The van der Waals surface area contributed by atoms with Gasteiger partial charge in [-0.1, -0.05) is 6.07 Å². The van der Waals surface area contributed by atoms with Gasteiger partial charge in [-0.05, 0) is 23.6 Å². The van der Waals surface area contributed by atoms with Crippen molar-refractivity contribution in [2.75, 3.05) is 31.2 Å². The van der Waals surface area contributed by atoms with Crippen LogP contribution < -0.4 is 4.90 Å². The van der Waals surface area contributed by atoms with Crippen LogP contribution in [0.4, 0.5) is 10.1 Å². The van der Waals surface area contributed by atoms with Gasteiger partial charge in [-0.2, -0.15) is 5.10 Å². The third kappa shape index (κ3) is 2.96. The monoisotopic (exact) mass is 381 g/mol. The number of aromatic nitrogens is 4. The van der Waals surface area contributed by atoms with Gasteiger partial charge in [0.15, 0.2) is 5.82 Å². The molecule has 27 heavy (non-hydrogen) atoms. The van der Waals surface area contributed by atoms with Crippen LogP contribution in [0.2, 0.25) is 0 Å². The zero-order chi connectivity index (χ0) is 18.2. The molecule has 6 nitrogen and oxygen atoms in total. The molecule has 4 heterocycles. The first-order chi connectivity index (χ1) is 13.3. The van der Waals surface area contributed by atoms with Crippen LogP contribution in [0, 0.1) is 5.82 Å². The van der Waals surface area contributed by atoms with E-state index < -0.39 is 0 Å². The van der Waals surface area contributed by atoms with E-state index in [1.54, 1.807) is 34.5 Å². The zero-order valence-corrected chi connectivity index (χ0v) is 15.2. The van der Waals surface area contributed by atoms with Gasteiger partial charge in [-0.3, -0.25) is 0 Å². The van der Waals surface area contributed by atoms with Crippen LogP contribution in [0.25, 0.3) is 27.4 Å². The first kappa shape index (κ1) is 16.3. The van der Waals surface area contributed by atoms with Crippen molar-refractivity contribution < 1.29 is 9.13 Å². The summed E-state index contributed by atoms with van der Waals surface area (Å²) in [4.78, 5) is 12.0. The van der Waals surface area contributed by atoms with Crippen LogP contribution in [-0.4, -0.2) is 46.1 Å². The van der Waals surface area contributed by atoms with Gasteiger partial charge in [0.1, 0.15) is 16.9 Å². The lowest BCUT2D eigenvalue weighted by Gasteiger charge is -2.29. The highest BCUT2D eigenvalue weighted by molar-refractivity contribution is 7.13. The van der Waals surface area contributed by atoms with E-state index in [0.717, 1.165) is 15.9 Å². The third-order valence-electron chi connectivity index (χ3n) is 4.59. The molecule has 0 bridgehead atoms. The Morgan fingerprint density at radius 3 is 2.78 bits per heavy atom. The van der Waals surface area contributed by atoms with E-state index in [4.69, 9.17) is 4.74 Å². The van der Waals surface area contributed by atoms with E-state index in [1.165, 1.54) is 6.07 Å². The molecule has 1 saturated heterocycles. The number of benzene rings is 1. The van der Waals surface area contributed by atoms with Crippen molar-refractivity contribution in [3.8, 4) is 16.4 Å². The Balaban J connectivity index is 1.50. The van der Waals surface area contributed by atoms with Gasteiger partial charge in [0.25, 0.3) is 0 Å². The molecular weight excluding hydrogens is 365 g/mol. The Bertz CT molecular complexity index is 1090. The van der Waals surface area contributed by atoms with Crippen LogP contribution in [0.1, 0.15) is 0 Å². The van der Waals surface area contributed by atoms with Crippen molar-refractivity contribution in [1.82, 2.24) is 19.7 Å². The maximum Gasteiger partial charge on any atom is 0.170 e. The second-order valence-electron chi connectivity index (χ2n) is 6.23. The number of rotatable bonds is 3. The molecule has 1 fully saturated rings. The molecule has 0 saturated carbocycles. The number of anilines is 1. The number of hydrogen-bond acceptors (Lipinski definition) is 6. The highest BCUT2D eigenvalue weighted by Crippen LogP contribution is 2.26. The van der Waals surface area contributed by atoms with Crippen molar-refractivity contribution in [3.63, 3.8) is 0 Å². The Hall–Kier alpha value is -2.84. The normalized spacial score (nSPS) is 14.8. The van der Waals surface area contributed by atoms with Gasteiger partial charge in [0.05, 0.1) is 41.9 Å². The van der Waals surface area contributed by atoms with Crippen LogP contribution in [0.5, 0.6) is 0 Å². The molecule has 4 aromatic rings. The Kier molecular flexibility index (Phi) is 4.06. The molecular formula is C19H16FN5OS. The molecule has 3 aromatic heterocycles. The molecule has 136 valence electrons. The van der Waals surface area contributed by atoms with E-state index >= 15 is 0 Å². The molecule has 5 rings (SSSR count). The highest BCUT2D eigenvalue weighted by Gasteiger charge is 2.17. The van der Waals surface area contributed by atoms with E-state index in [-0.39, 0.29) is 5.82 Å². The van der Waals surface area contributed by atoms with Crippen molar-refractivity contribution in [2.24, 2.45) is 0 Å². The molecule has 0 amide bonds. The summed E-state index contributed by atoms with van der Waals surface area (Å²) in [6.45, 7) is 2.63. The summed E-state index contributed by atoms with van der Waals surface area (Å²) in [6, 6.07) is 9.12. The molecule has 1 aromatic carbocycles. The second kappa shape index (κ2) is 6.71. The summed E-state index contributed by atoms with van der Waals surface area (Å²) in [5, 5.41) is 6.38. The third-order valence-corrected chi connectivity index (χ3v) is 5.46. The largest absolute Gasteiger partial charge is 0.378 e. The zero-order valence-electron chi connectivity index (χ0n) is 14.4. The van der Waals surface area contributed by atoms with Crippen molar-refractivity contribution in [3.05, 3.63) is 53.9 Å². The number of fused-ring (bicyclic) bond motifs is 1. The van der Waals surface area contributed by atoms with E-state index in [2.05, 4.69) is 15.1 Å². The predicted octanol–water partition coefficient (Wildman–Crippen LogP) is 3.52. The molecule has 0 atom stereocenters. The first-order valence-corrected chi connectivity index (χ1v) is 9.55. The quantitative estimate of drug-likeness (QED) is 0.544. The summed E-state index contributed by atoms with van der Waals surface area (Å²) in [5.74, 6) is 0.403. The van der Waals surface area contributed by atoms with E-state index in [1.807, 2.05) is 28.5 Å². The smallest absolute Gasteiger partial charge is 0.170 e. The maximum absolute atomic E-state index is 14.7. The fraction of sp³-hybridized carbons (Fsp3) is 0.211. The Morgan fingerprint density at radius 2 is 2.00 bits per heavy atom. The fourth-order valence-electron chi connectivity index (χ4n) is 3.24. The van der Waals surface area contributed by atoms with Gasteiger partial charge in [-0.25, -0.2) is 19.0 Å². The maximum atomic E-state index is 14.7. The topological polar surface area (TPSA) is 56.1 Å². The van der Waals surface area contributed by atoms with Crippen molar-refractivity contribution in [2.45, 2.75) is 0 Å². The number of thiophene rings is 1. The van der Waals surface area contributed by atoms with Gasteiger partial charge >= 0.3 is 0 Å². The molecule has 1 aliphatic heterocycles. The van der Waals surface area contributed by atoms with Gasteiger partial charge < -0.3 is 9.64 Å². The average Bonchev–Trinajstić information content (AvgIpc) is 3.38. The van der Waals surface area contributed by atoms with Gasteiger partial charge in [0, 0.05) is 19.2 Å². The van der Waals surface area contributed by atoms with E-state index in [0.29, 0.717) is 43.5 Å². The molecule has 8 heteroatoms. The Morgan fingerprint density at radius 1 is 1.11 bits per heavy atom. The number of nitrogens with zero attached hydrogens (tertiary/aromatic N) is 5. The summed E-state index contributed by atoms with van der Waals surface area (Å²) in [5.41, 5.74) is 2.71. The van der Waals surface area contributed by atoms with Crippen LogP contribution >= 0.6 is 11.3 Å². The molecule has 0 N–H and O–H groups in total. The van der Waals surface area contributed by atoms with Crippen molar-refractivity contribution >= 4 is 28.1 Å². The molecule has 0 aliphatic carbocycles. The van der Waals surface area contributed by atoms with E-state index in [9.17, 15) is 4.39 Å². The van der Waals surface area contributed by atoms with Gasteiger partial charge in [0.2, 0.25) is 0 Å². The number of hydrogen-bond donors (Lipinski definition) is 0. The van der Waals surface area contributed by atoms with Crippen LogP contribution in [0.15, 0.2) is 48.1 Å². The van der Waals surface area contributed by atoms with Gasteiger partial charge in [-0.15, -0.1) is 11.3 Å². The minimum atomic E-state index is -0.269.